The maximum absolute atomic E-state index is 13.6. The quantitative estimate of drug-likeness (QED) is 0.720. The molecule has 0 aromatic heterocycles. The fraction of sp³-hybridized carbons (Fsp3) is 0.500. The van der Waals surface area contributed by atoms with Gasteiger partial charge in [-0.1, -0.05) is 19.9 Å². The van der Waals surface area contributed by atoms with Crippen molar-refractivity contribution in [2.45, 2.75) is 42.8 Å². The normalized spacial score (nSPS) is 16.3. The SMILES string of the molecule is CC(C)c1c(F)cccc1SC1CC1. The van der Waals surface area contributed by atoms with Gasteiger partial charge in [-0.15, -0.1) is 11.8 Å². The van der Waals surface area contributed by atoms with E-state index >= 15 is 0 Å². The van der Waals surface area contributed by atoms with Crippen LogP contribution in [0.5, 0.6) is 0 Å². The summed E-state index contributed by atoms with van der Waals surface area (Å²) in [6.45, 7) is 4.10. The second-order valence-electron chi connectivity index (χ2n) is 4.12. The summed E-state index contributed by atoms with van der Waals surface area (Å²) in [5.74, 6) is 0.225. The van der Waals surface area contributed by atoms with Gasteiger partial charge in [0.15, 0.2) is 0 Å². The molecule has 0 N–H and O–H groups in total. The molecule has 1 aliphatic rings. The molecule has 0 bridgehead atoms. The highest BCUT2D eigenvalue weighted by atomic mass is 32.2. The number of hydrogen-bond donors (Lipinski definition) is 0. The van der Waals surface area contributed by atoms with Gasteiger partial charge in [-0.05, 0) is 30.9 Å². The molecule has 2 heteroatoms. The van der Waals surface area contributed by atoms with Crippen LogP contribution in [0.3, 0.4) is 0 Å². The first-order valence-corrected chi connectivity index (χ1v) is 6.01. The molecule has 0 aliphatic heterocycles. The van der Waals surface area contributed by atoms with E-state index in [-0.39, 0.29) is 11.7 Å². The molecule has 14 heavy (non-hydrogen) atoms. The molecule has 1 fully saturated rings. The molecule has 1 aromatic rings. The number of hydrogen-bond acceptors (Lipinski definition) is 1. The van der Waals surface area contributed by atoms with Gasteiger partial charge >= 0.3 is 0 Å². The minimum atomic E-state index is -0.0503. The number of thioether (sulfide) groups is 1. The molecule has 1 saturated carbocycles. The van der Waals surface area contributed by atoms with Crippen LogP contribution < -0.4 is 0 Å². The third-order valence-corrected chi connectivity index (χ3v) is 3.82. The highest BCUT2D eigenvalue weighted by Gasteiger charge is 2.24. The zero-order chi connectivity index (χ0) is 10.1. The third-order valence-electron chi connectivity index (χ3n) is 2.41. The van der Waals surface area contributed by atoms with Gasteiger partial charge in [-0.2, -0.15) is 0 Å². The fourth-order valence-corrected chi connectivity index (χ4v) is 2.89. The molecule has 76 valence electrons. The predicted molar refractivity (Wildman–Crippen MR) is 59.4 cm³/mol. The van der Waals surface area contributed by atoms with Crippen molar-refractivity contribution < 1.29 is 4.39 Å². The minimum absolute atomic E-state index is 0.0503. The minimum Gasteiger partial charge on any atom is -0.207 e. The largest absolute Gasteiger partial charge is 0.207 e. The van der Waals surface area contributed by atoms with Crippen LogP contribution in [-0.4, -0.2) is 5.25 Å². The van der Waals surface area contributed by atoms with E-state index in [4.69, 9.17) is 0 Å². The van der Waals surface area contributed by atoms with E-state index in [0.29, 0.717) is 0 Å². The van der Waals surface area contributed by atoms with E-state index in [9.17, 15) is 4.39 Å². The van der Waals surface area contributed by atoms with E-state index in [1.807, 2.05) is 23.9 Å². The molecule has 1 aromatic carbocycles. The van der Waals surface area contributed by atoms with Gasteiger partial charge in [0, 0.05) is 15.7 Å². The Bertz CT molecular complexity index is 329. The van der Waals surface area contributed by atoms with Gasteiger partial charge in [0.25, 0.3) is 0 Å². The van der Waals surface area contributed by atoms with E-state index in [1.165, 1.54) is 12.8 Å². The molecule has 2 rings (SSSR count). The first kappa shape index (κ1) is 10.0. The summed E-state index contributed by atoms with van der Waals surface area (Å²) in [6.07, 6.45) is 2.58. The highest BCUT2D eigenvalue weighted by Crippen LogP contribution is 2.42. The molecule has 0 spiro atoms. The molecule has 0 nitrogen and oxygen atoms in total. The van der Waals surface area contributed by atoms with Crippen molar-refractivity contribution in [2.75, 3.05) is 0 Å². The Morgan fingerprint density at radius 1 is 1.36 bits per heavy atom. The van der Waals surface area contributed by atoms with Crippen molar-refractivity contribution in [1.29, 1.82) is 0 Å². The van der Waals surface area contributed by atoms with Crippen molar-refractivity contribution in [1.82, 2.24) is 0 Å². The first-order valence-electron chi connectivity index (χ1n) is 5.13. The van der Waals surface area contributed by atoms with Crippen LogP contribution in [0.1, 0.15) is 38.2 Å². The molecule has 0 amide bonds. The number of halogens is 1. The number of benzene rings is 1. The molecule has 0 heterocycles. The summed E-state index contributed by atoms with van der Waals surface area (Å²) >= 11 is 1.84. The standard InChI is InChI=1S/C12H15FS/c1-8(2)12-10(13)4-3-5-11(12)14-9-6-7-9/h3-5,8-9H,6-7H2,1-2H3. The van der Waals surface area contributed by atoms with Gasteiger partial charge < -0.3 is 0 Å². The Hall–Kier alpha value is -0.500. The summed E-state index contributed by atoms with van der Waals surface area (Å²) in [4.78, 5) is 1.14. The van der Waals surface area contributed by atoms with Crippen LogP contribution >= 0.6 is 11.8 Å². The molecule has 0 saturated heterocycles. The van der Waals surface area contributed by atoms with Crippen LogP contribution in [-0.2, 0) is 0 Å². The lowest BCUT2D eigenvalue weighted by atomic mass is 10.0. The summed E-state index contributed by atoms with van der Waals surface area (Å²) in [5, 5.41) is 0.745. The predicted octanol–water partition coefficient (Wildman–Crippen LogP) is 4.20. The van der Waals surface area contributed by atoms with Gasteiger partial charge in [-0.3, -0.25) is 0 Å². The molecular weight excluding hydrogens is 195 g/mol. The van der Waals surface area contributed by atoms with Gasteiger partial charge in [0.1, 0.15) is 5.82 Å². The molecular formula is C12H15FS. The van der Waals surface area contributed by atoms with Crippen LogP contribution in [0, 0.1) is 5.82 Å². The Morgan fingerprint density at radius 3 is 2.64 bits per heavy atom. The van der Waals surface area contributed by atoms with Crippen LogP contribution in [0.15, 0.2) is 23.1 Å². The Balaban J connectivity index is 2.30. The monoisotopic (exact) mass is 210 g/mol. The maximum Gasteiger partial charge on any atom is 0.127 e. The first-order chi connectivity index (χ1) is 6.68. The molecule has 1 aliphatic carbocycles. The van der Waals surface area contributed by atoms with Crippen molar-refractivity contribution in [3.63, 3.8) is 0 Å². The second kappa shape index (κ2) is 3.93. The lowest BCUT2D eigenvalue weighted by Crippen LogP contribution is -1.96. The van der Waals surface area contributed by atoms with Crippen LogP contribution in [0.4, 0.5) is 4.39 Å². The van der Waals surface area contributed by atoms with E-state index in [1.54, 1.807) is 6.07 Å². The van der Waals surface area contributed by atoms with Gasteiger partial charge in [0.2, 0.25) is 0 Å². The summed E-state index contributed by atoms with van der Waals surface area (Å²) in [5.41, 5.74) is 0.893. The Labute approximate surface area is 88.9 Å². The van der Waals surface area contributed by atoms with E-state index in [0.717, 1.165) is 15.7 Å². The number of rotatable bonds is 3. The zero-order valence-corrected chi connectivity index (χ0v) is 9.40. The average Bonchev–Trinajstić information content (AvgIpc) is 2.87. The maximum atomic E-state index is 13.6. The zero-order valence-electron chi connectivity index (χ0n) is 8.59. The van der Waals surface area contributed by atoms with Crippen molar-refractivity contribution >= 4 is 11.8 Å². The summed E-state index contributed by atoms with van der Waals surface area (Å²) < 4.78 is 13.6. The van der Waals surface area contributed by atoms with Crippen molar-refractivity contribution in [3.8, 4) is 0 Å². The topological polar surface area (TPSA) is 0 Å². The van der Waals surface area contributed by atoms with Gasteiger partial charge in [0.05, 0.1) is 0 Å². The second-order valence-corrected chi connectivity index (χ2v) is 5.47. The van der Waals surface area contributed by atoms with Crippen LogP contribution in [0.2, 0.25) is 0 Å². The van der Waals surface area contributed by atoms with E-state index in [2.05, 4.69) is 13.8 Å². The fourth-order valence-electron chi connectivity index (χ4n) is 1.55. The molecule has 0 unspecified atom stereocenters. The summed E-state index contributed by atoms with van der Waals surface area (Å²) in [6, 6.07) is 5.42. The van der Waals surface area contributed by atoms with Gasteiger partial charge in [-0.25, -0.2) is 4.39 Å². The molecule has 0 atom stereocenters. The Kier molecular flexibility index (Phi) is 2.82. The lowest BCUT2D eigenvalue weighted by Gasteiger charge is -2.12. The average molecular weight is 210 g/mol. The lowest BCUT2D eigenvalue weighted by molar-refractivity contribution is 0.590. The van der Waals surface area contributed by atoms with Crippen molar-refractivity contribution in [2.24, 2.45) is 0 Å². The van der Waals surface area contributed by atoms with Crippen molar-refractivity contribution in [3.05, 3.63) is 29.6 Å². The van der Waals surface area contributed by atoms with E-state index < -0.39 is 0 Å². The smallest absolute Gasteiger partial charge is 0.127 e. The van der Waals surface area contributed by atoms with Crippen LogP contribution in [0.25, 0.3) is 0 Å². The highest BCUT2D eigenvalue weighted by molar-refractivity contribution is 8.00. The third kappa shape index (κ3) is 2.11. The Morgan fingerprint density at radius 2 is 2.07 bits per heavy atom. The molecule has 0 radical (unpaired) electrons. The summed E-state index contributed by atoms with van der Waals surface area (Å²) in [7, 11) is 0.